The van der Waals surface area contributed by atoms with Gasteiger partial charge in [-0.05, 0) is 234 Å². The summed E-state index contributed by atoms with van der Waals surface area (Å²) >= 11 is 0. The standard InChI is InChI=1S/C80H138N6O9/c1-54(2)30-24-32-56(5)34-26-36-58(7)38-28-45-79(15)47-43-66-64(13)73(60(9)62(11)75(66)94-79)92-52-71(88)83-50-23-20-41-69(78(91)84-51-22-17-18-42-70(87)85-68(77(82)90)40-19-21-49-81)86-72(89)53-93-74-61(10)63(12)76-67(65(74)14)44-48-80(16,95-76)46-29-39-59(8)37-27-35-57(6)33-25-31-55(3)4/h54-59,68-69H,17-53,81H2,1-16H3,(H2,82,90)(H,83,88)(H,84,91)(H,85,87)(H,86,89)/t56-,57-,58-,59-,68+,69+,79-,80-/m1/s1. The summed E-state index contributed by atoms with van der Waals surface area (Å²) in [7, 11) is 0. The van der Waals surface area contributed by atoms with Crippen molar-refractivity contribution in [3.05, 3.63) is 44.5 Å². The quantitative estimate of drug-likeness (QED) is 0.0344. The Morgan fingerprint density at radius 1 is 0.442 bits per heavy atom. The Labute approximate surface area is 577 Å². The van der Waals surface area contributed by atoms with Gasteiger partial charge in [-0.2, -0.15) is 0 Å². The Morgan fingerprint density at radius 2 is 0.842 bits per heavy atom. The van der Waals surface area contributed by atoms with E-state index in [1.807, 2.05) is 6.92 Å². The van der Waals surface area contributed by atoms with Crippen LogP contribution in [0.5, 0.6) is 23.0 Å². The highest BCUT2D eigenvalue weighted by molar-refractivity contribution is 5.88. The number of nitrogens with two attached hydrogens (primary N) is 2. The zero-order chi connectivity index (χ0) is 70.3. The molecule has 2 aliphatic rings. The average molecular weight is 1330 g/mol. The Hall–Kier alpha value is -5.05. The number of rotatable bonds is 49. The van der Waals surface area contributed by atoms with E-state index in [0.717, 1.165) is 144 Å². The van der Waals surface area contributed by atoms with Gasteiger partial charge in [0.05, 0.1) is 0 Å². The van der Waals surface area contributed by atoms with Crippen molar-refractivity contribution in [2.75, 3.05) is 32.8 Å². The number of carbonyl (C=O) groups is 5. The molecule has 2 aromatic rings. The molecule has 8 N–H and O–H groups in total. The molecule has 15 nitrogen and oxygen atoms in total. The van der Waals surface area contributed by atoms with Crippen LogP contribution < -0.4 is 51.7 Å². The number of benzene rings is 2. The highest BCUT2D eigenvalue weighted by Gasteiger charge is 2.37. The normalized spacial score (nSPS) is 17.9. The zero-order valence-corrected chi connectivity index (χ0v) is 63.1. The van der Waals surface area contributed by atoms with Crippen molar-refractivity contribution >= 4 is 29.5 Å². The molecule has 0 bridgehead atoms. The predicted octanol–water partition coefficient (Wildman–Crippen LogP) is 16.6. The van der Waals surface area contributed by atoms with Crippen LogP contribution in [-0.4, -0.2) is 85.7 Å². The van der Waals surface area contributed by atoms with Gasteiger partial charge in [-0.15, -0.1) is 0 Å². The molecule has 0 fully saturated rings. The lowest BCUT2D eigenvalue weighted by Crippen LogP contribution is -2.48. The fourth-order valence-corrected chi connectivity index (χ4v) is 14.5. The topological polar surface area (TPSA) is 222 Å². The Kier molecular flexibility index (Phi) is 37.0. The lowest BCUT2D eigenvalue weighted by Gasteiger charge is -2.38. The van der Waals surface area contributed by atoms with Crippen LogP contribution in [0.4, 0.5) is 0 Å². The summed E-state index contributed by atoms with van der Waals surface area (Å²) in [6.45, 7) is 36.7. The van der Waals surface area contributed by atoms with E-state index in [1.54, 1.807) is 0 Å². The molecule has 0 radical (unpaired) electrons. The number of amides is 5. The Bertz CT molecular complexity index is 2670. The van der Waals surface area contributed by atoms with Crippen LogP contribution in [0.1, 0.15) is 306 Å². The summed E-state index contributed by atoms with van der Waals surface area (Å²) in [5.74, 6) is 6.19. The minimum Gasteiger partial charge on any atom is -0.487 e. The molecular formula is C80H138N6O9. The van der Waals surface area contributed by atoms with Gasteiger partial charge in [-0.25, -0.2) is 0 Å². The van der Waals surface area contributed by atoms with Crippen molar-refractivity contribution in [3.8, 4) is 23.0 Å². The predicted molar refractivity (Wildman–Crippen MR) is 391 cm³/mol. The van der Waals surface area contributed by atoms with Crippen molar-refractivity contribution in [2.45, 2.75) is 340 Å². The lowest BCUT2D eigenvalue weighted by atomic mass is 9.83. The molecule has 0 unspecified atom stereocenters. The van der Waals surface area contributed by atoms with E-state index in [4.69, 9.17) is 30.4 Å². The molecule has 0 spiro atoms. The van der Waals surface area contributed by atoms with Crippen LogP contribution in [0.3, 0.4) is 0 Å². The number of hydrogen-bond acceptors (Lipinski definition) is 10. The molecule has 95 heavy (non-hydrogen) atoms. The SMILES string of the molecule is Cc1c(C)c2c(c(C)c1OCC(=O)NCCCC[C@H](NC(=O)COc1c(C)c(C)c3c(c1C)CC[C@@](C)(CCC[C@H](C)CCC[C@H](C)CCCC(C)C)O3)C(=O)NCCCCCC(=O)N[C@@H](CCCCN)C(N)=O)CC[C@@](C)(CCC[C@H](C)CCC[C@H](C)CCCC(C)C)O2. The van der Waals surface area contributed by atoms with Gasteiger partial charge in [0.1, 0.15) is 46.3 Å². The van der Waals surface area contributed by atoms with Gasteiger partial charge >= 0.3 is 0 Å². The molecule has 2 aromatic carbocycles. The monoisotopic (exact) mass is 1330 g/mol. The maximum Gasteiger partial charge on any atom is 0.258 e. The first kappa shape index (κ1) is 82.4. The molecule has 0 saturated carbocycles. The minimum absolute atomic E-state index is 0.129. The van der Waals surface area contributed by atoms with E-state index in [2.05, 4.69) is 125 Å². The highest BCUT2D eigenvalue weighted by Crippen LogP contribution is 2.47. The van der Waals surface area contributed by atoms with Gasteiger partial charge in [0, 0.05) is 30.6 Å². The van der Waals surface area contributed by atoms with E-state index in [-0.39, 0.29) is 48.6 Å². The highest BCUT2D eigenvalue weighted by atomic mass is 16.5. The lowest BCUT2D eigenvalue weighted by molar-refractivity contribution is -0.130. The molecule has 8 atom stereocenters. The first-order valence-electron chi connectivity index (χ1n) is 38.1. The van der Waals surface area contributed by atoms with Gasteiger partial charge in [0.2, 0.25) is 17.7 Å². The fraction of sp³-hybridized carbons (Fsp3) is 0.787. The number of fused-ring (bicyclic) bond motifs is 2. The second-order valence-electron chi connectivity index (χ2n) is 31.3. The van der Waals surface area contributed by atoms with Crippen LogP contribution >= 0.6 is 0 Å². The molecular weight excluding hydrogens is 1190 g/mol. The molecule has 2 heterocycles. The van der Waals surface area contributed by atoms with Crippen LogP contribution in [0.2, 0.25) is 0 Å². The maximum atomic E-state index is 13.9. The van der Waals surface area contributed by atoms with E-state index >= 15 is 0 Å². The number of hydrogen-bond donors (Lipinski definition) is 6. The molecule has 0 aromatic heterocycles. The van der Waals surface area contributed by atoms with Gasteiger partial charge in [-0.1, -0.05) is 152 Å². The number of carbonyl (C=O) groups excluding carboxylic acids is 5. The number of nitrogens with one attached hydrogen (secondary N) is 4. The van der Waals surface area contributed by atoms with Crippen molar-refractivity contribution in [1.82, 2.24) is 21.3 Å². The summed E-state index contributed by atoms with van der Waals surface area (Å²) in [6.07, 6.45) is 31.7. The third-order valence-electron chi connectivity index (χ3n) is 21.3. The summed E-state index contributed by atoms with van der Waals surface area (Å²) in [5, 5.41) is 11.7. The fourth-order valence-electron chi connectivity index (χ4n) is 14.5. The second kappa shape index (κ2) is 42.7. The third-order valence-corrected chi connectivity index (χ3v) is 21.3. The molecule has 15 heteroatoms. The number of ether oxygens (including phenoxy) is 4. The zero-order valence-electron chi connectivity index (χ0n) is 63.1. The molecule has 0 aliphatic carbocycles. The summed E-state index contributed by atoms with van der Waals surface area (Å²) in [5.41, 5.74) is 19.0. The summed E-state index contributed by atoms with van der Waals surface area (Å²) in [4.78, 5) is 65.7. The first-order valence-corrected chi connectivity index (χ1v) is 38.1. The molecule has 2 aliphatic heterocycles. The minimum atomic E-state index is -0.850. The van der Waals surface area contributed by atoms with Crippen molar-refractivity contribution < 1.29 is 42.9 Å². The van der Waals surface area contributed by atoms with Crippen molar-refractivity contribution in [2.24, 2.45) is 47.0 Å². The van der Waals surface area contributed by atoms with Gasteiger partial charge in [0.15, 0.2) is 13.2 Å². The molecule has 4 rings (SSSR count). The largest absolute Gasteiger partial charge is 0.487 e. The third kappa shape index (κ3) is 29.5. The van der Waals surface area contributed by atoms with E-state index in [1.165, 1.54) is 95.5 Å². The summed E-state index contributed by atoms with van der Waals surface area (Å²) in [6, 6.07) is -1.58. The Morgan fingerprint density at radius 3 is 1.29 bits per heavy atom. The van der Waals surface area contributed by atoms with Crippen LogP contribution in [0.25, 0.3) is 0 Å². The van der Waals surface area contributed by atoms with E-state index < -0.39 is 23.9 Å². The Balaban J connectivity index is 1.29. The first-order chi connectivity index (χ1) is 45.1. The maximum absolute atomic E-state index is 13.9. The summed E-state index contributed by atoms with van der Waals surface area (Å²) < 4.78 is 26.5. The molecule has 542 valence electrons. The number of unbranched alkanes of at least 4 members (excludes halogenated alkanes) is 4. The van der Waals surface area contributed by atoms with Crippen LogP contribution in [0.15, 0.2) is 0 Å². The van der Waals surface area contributed by atoms with Crippen LogP contribution in [-0.2, 0) is 36.8 Å². The average Bonchev–Trinajstić information content (AvgIpc) is 0.770. The second-order valence-corrected chi connectivity index (χ2v) is 31.3. The van der Waals surface area contributed by atoms with Crippen molar-refractivity contribution in [1.29, 1.82) is 0 Å². The number of primary amides is 1. The molecule has 0 saturated heterocycles. The van der Waals surface area contributed by atoms with Crippen molar-refractivity contribution in [3.63, 3.8) is 0 Å². The van der Waals surface area contributed by atoms with Gasteiger partial charge in [-0.3, -0.25) is 24.0 Å². The smallest absolute Gasteiger partial charge is 0.258 e. The molecule has 5 amide bonds. The van der Waals surface area contributed by atoms with E-state index in [0.29, 0.717) is 82.7 Å². The van der Waals surface area contributed by atoms with Gasteiger partial charge < -0.3 is 51.7 Å². The van der Waals surface area contributed by atoms with E-state index in [9.17, 15) is 24.0 Å². The van der Waals surface area contributed by atoms with Crippen LogP contribution in [0, 0.1) is 77.0 Å². The van der Waals surface area contributed by atoms with Gasteiger partial charge in [0.25, 0.3) is 11.8 Å².